The predicted octanol–water partition coefficient (Wildman–Crippen LogP) is 2.14. The van der Waals surface area contributed by atoms with Crippen molar-refractivity contribution in [2.24, 2.45) is 0 Å². The standard InChI is InChI=1S/C14H16N2O4S/c1-3-12(9-15)21(19,20)16-13-8-11(5-4-10(13)2)6-7-14(17)18/h4-8,12,16H,3H2,1-2H3,(H,17,18). The molecule has 0 aliphatic heterocycles. The Morgan fingerprint density at radius 3 is 2.71 bits per heavy atom. The molecule has 0 spiro atoms. The Hall–Kier alpha value is -2.33. The summed E-state index contributed by atoms with van der Waals surface area (Å²) < 4.78 is 26.5. The van der Waals surface area contributed by atoms with E-state index in [1.807, 2.05) is 0 Å². The second-order valence-electron chi connectivity index (χ2n) is 4.42. The number of benzene rings is 1. The molecular weight excluding hydrogens is 292 g/mol. The van der Waals surface area contributed by atoms with Crippen molar-refractivity contribution in [1.29, 1.82) is 5.26 Å². The number of hydrogen-bond acceptors (Lipinski definition) is 4. The van der Waals surface area contributed by atoms with Gasteiger partial charge in [-0.25, -0.2) is 13.2 Å². The normalized spacial score (nSPS) is 12.8. The third-order valence-electron chi connectivity index (χ3n) is 2.82. The molecule has 0 saturated heterocycles. The van der Waals surface area contributed by atoms with E-state index in [4.69, 9.17) is 10.4 Å². The first-order valence-corrected chi connectivity index (χ1v) is 7.77. The van der Waals surface area contributed by atoms with Gasteiger partial charge in [0.25, 0.3) is 0 Å². The van der Waals surface area contributed by atoms with Crippen molar-refractivity contribution in [2.45, 2.75) is 25.5 Å². The van der Waals surface area contributed by atoms with Gasteiger partial charge in [-0.05, 0) is 36.6 Å². The summed E-state index contributed by atoms with van der Waals surface area (Å²) in [6.45, 7) is 3.34. The highest BCUT2D eigenvalue weighted by molar-refractivity contribution is 7.93. The molecule has 2 N–H and O–H groups in total. The number of nitriles is 1. The van der Waals surface area contributed by atoms with E-state index < -0.39 is 21.2 Å². The Balaban J connectivity index is 3.11. The fourth-order valence-corrected chi connectivity index (χ4v) is 2.87. The fourth-order valence-electron chi connectivity index (χ4n) is 1.63. The zero-order chi connectivity index (χ0) is 16.0. The van der Waals surface area contributed by atoms with Crippen LogP contribution in [0.3, 0.4) is 0 Å². The molecule has 1 aromatic carbocycles. The molecule has 112 valence electrons. The highest BCUT2D eigenvalue weighted by Gasteiger charge is 2.23. The van der Waals surface area contributed by atoms with E-state index in [9.17, 15) is 13.2 Å². The van der Waals surface area contributed by atoms with Crippen molar-refractivity contribution in [3.05, 3.63) is 35.4 Å². The van der Waals surface area contributed by atoms with Crippen molar-refractivity contribution in [3.63, 3.8) is 0 Å². The lowest BCUT2D eigenvalue weighted by Crippen LogP contribution is -2.26. The van der Waals surface area contributed by atoms with Gasteiger partial charge in [0.1, 0.15) is 0 Å². The summed E-state index contributed by atoms with van der Waals surface area (Å²) in [6.07, 6.45) is 2.51. The molecule has 1 atom stereocenters. The number of aliphatic carboxylic acids is 1. The van der Waals surface area contributed by atoms with E-state index in [0.29, 0.717) is 16.8 Å². The third-order valence-corrected chi connectivity index (χ3v) is 4.51. The summed E-state index contributed by atoms with van der Waals surface area (Å²) in [5.41, 5.74) is 1.56. The quantitative estimate of drug-likeness (QED) is 0.783. The molecule has 7 heteroatoms. The topological polar surface area (TPSA) is 107 Å². The largest absolute Gasteiger partial charge is 0.478 e. The molecule has 0 bridgehead atoms. The van der Waals surface area contributed by atoms with Crippen molar-refractivity contribution >= 4 is 27.8 Å². The van der Waals surface area contributed by atoms with E-state index in [2.05, 4.69) is 4.72 Å². The monoisotopic (exact) mass is 308 g/mol. The molecule has 1 rings (SSSR count). The number of carbonyl (C=O) groups is 1. The first-order valence-electron chi connectivity index (χ1n) is 6.23. The predicted molar refractivity (Wildman–Crippen MR) is 80.1 cm³/mol. The maximum Gasteiger partial charge on any atom is 0.328 e. The average molecular weight is 308 g/mol. The second-order valence-corrected chi connectivity index (χ2v) is 6.28. The Labute approximate surface area is 123 Å². The number of aryl methyl sites for hydroxylation is 1. The molecule has 0 heterocycles. The molecule has 0 aliphatic carbocycles. The van der Waals surface area contributed by atoms with Gasteiger partial charge in [-0.3, -0.25) is 4.72 Å². The van der Waals surface area contributed by atoms with Gasteiger partial charge in [-0.1, -0.05) is 19.1 Å². The van der Waals surface area contributed by atoms with Crippen LogP contribution in [-0.4, -0.2) is 24.7 Å². The van der Waals surface area contributed by atoms with Gasteiger partial charge in [0.15, 0.2) is 5.25 Å². The van der Waals surface area contributed by atoms with E-state index >= 15 is 0 Å². The molecule has 0 aliphatic rings. The van der Waals surface area contributed by atoms with Crippen LogP contribution < -0.4 is 4.72 Å². The van der Waals surface area contributed by atoms with Crippen LogP contribution in [0.2, 0.25) is 0 Å². The average Bonchev–Trinajstić information content (AvgIpc) is 2.40. The number of rotatable bonds is 6. The molecule has 21 heavy (non-hydrogen) atoms. The SMILES string of the molecule is CCC(C#N)S(=O)(=O)Nc1cc(C=CC(=O)O)ccc1C. The van der Waals surface area contributed by atoms with Crippen molar-refractivity contribution in [3.8, 4) is 6.07 Å². The number of carboxylic acid groups (broad SMARTS) is 1. The number of hydrogen-bond donors (Lipinski definition) is 2. The molecule has 0 aromatic heterocycles. The van der Waals surface area contributed by atoms with Gasteiger partial charge in [-0.15, -0.1) is 0 Å². The summed E-state index contributed by atoms with van der Waals surface area (Å²) in [6, 6.07) is 6.62. The first kappa shape index (κ1) is 16.7. The summed E-state index contributed by atoms with van der Waals surface area (Å²) in [4.78, 5) is 10.5. The van der Waals surface area contributed by atoms with Crippen LogP contribution >= 0.6 is 0 Å². The Morgan fingerprint density at radius 1 is 1.52 bits per heavy atom. The van der Waals surface area contributed by atoms with Gasteiger partial charge in [0.05, 0.1) is 11.8 Å². The number of nitrogens with one attached hydrogen (secondary N) is 1. The molecule has 0 radical (unpaired) electrons. The van der Waals surface area contributed by atoms with Crippen molar-refractivity contribution in [2.75, 3.05) is 4.72 Å². The number of sulfonamides is 1. The van der Waals surface area contributed by atoms with E-state index in [0.717, 1.165) is 6.08 Å². The lowest BCUT2D eigenvalue weighted by Gasteiger charge is -2.13. The third kappa shape index (κ3) is 4.61. The molecule has 0 amide bonds. The first-order chi connectivity index (χ1) is 9.80. The van der Waals surface area contributed by atoms with Crippen LogP contribution in [0.5, 0.6) is 0 Å². The summed E-state index contributed by atoms with van der Waals surface area (Å²) >= 11 is 0. The molecule has 0 fully saturated rings. The number of anilines is 1. The molecular formula is C14H16N2O4S. The summed E-state index contributed by atoms with van der Waals surface area (Å²) in [5, 5.41) is 16.3. The lowest BCUT2D eigenvalue weighted by atomic mass is 10.1. The molecule has 1 aromatic rings. The van der Waals surface area contributed by atoms with Crippen LogP contribution in [0.4, 0.5) is 5.69 Å². The molecule has 6 nitrogen and oxygen atoms in total. The summed E-state index contributed by atoms with van der Waals surface area (Å²) in [5.74, 6) is -1.09. The molecule has 0 saturated carbocycles. The smallest absolute Gasteiger partial charge is 0.328 e. The van der Waals surface area contributed by atoms with Gasteiger partial charge < -0.3 is 5.11 Å². The second kappa shape index (κ2) is 6.90. The van der Waals surface area contributed by atoms with Crippen molar-refractivity contribution in [1.82, 2.24) is 0 Å². The van der Waals surface area contributed by atoms with Gasteiger partial charge >= 0.3 is 5.97 Å². The minimum Gasteiger partial charge on any atom is -0.478 e. The Kier molecular flexibility index (Phi) is 5.50. The zero-order valence-corrected chi connectivity index (χ0v) is 12.5. The van der Waals surface area contributed by atoms with E-state index in [1.54, 1.807) is 32.0 Å². The number of nitrogens with zero attached hydrogens (tertiary/aromatic N) is 1. The number of carboxylic acids is 1. The van der Waals surface area contributed by atoms with Gasteiger partial charge in [0.2, 0.25) is 10.0 Å². The maximum atomic E-state index is 12.0. The van der Waals surface area contributed by atoms with Crippen LogP contribution in [0.25, 0.3) is 6.08 Å². The Morgan fingerprint density at radius 2 is 2.19 bits per heavy atom. The summed E-state index contributed by atoms with van der Waals surface area (Å²) in [7, 11) is -3.80. The minimum absolute atomic E-state index is 0.184. The van der Waals surface area contributed by atoms with Crippen LogP contribution in [-0.2, 0) is 14.8 Å². The highest BCUT2D eigenvalue weighted by Crippen LogP contribution is 2.21. The zero-order valence-electron chi connectivity index (χ0n) is 11.7. The van der Waals surface area contributed by atoms with Crippen LogP contribution in [0.1, 0.15) is 24.5 Å². The highest BCUT2D eigenvalue weighted by atomic mass is 32.2. The van der Waals surface area contributed by atoms with Crippen LogP contribution in [0, 0.1) is 18.3 Å². The lowest BCUT2D eigenvalue weighted by molar-refractivity contribution is -0.131. The van der Waals surface area contributed by atoms with Gasteiger partial charge in [-0.2, -0.15) is 5.26 Å². The molecule has 1 unspecified atom stereocenters. The van der Waals surface area contributed by atoms with Gasteiger partial charge in [0, 0.05) is 6.08 Å². The van der Waals surface area contributed by atoms with Crippen molar-refractivity contribution < 1.29 is 18.3 Å². The van der Waals surface area contributed by atoms with E-state index in [-0.39, 0.29) is 6.42 Å². The van der Waals surface area contributed by atoms with E-state index in [1.165, 1.54) is 12.1 Å². The fraction of sp³-hybridized carbons (Fsp3) is 0.286. The van der Waals surface area contributed by atoms with Crippen LogP contribution in [0.15, 0.2) is 24.3 Å². The maximum absolute atomic E-state index is 12.0. The Bertz CT molecular complexity index is 702. The minimum atomic E-state index is -3.80.